The van der Waals surface area contributed by atoms with E-state index in [-0.39, 0.29) is 12.3 Å². The number of aliphatic carboxylic acids is 1. The molecule has 6 amide bonds. The van der Waals surface area contributed by atoms with Gasteiger partial charge in [-0.15, -0.1) is 28.2 Å². The Morgan fingerprint density at radius 3 is 2.73 bits per heavy atom. The van der Waals surface area contributed by atoms with E-state index < -0.39 is 58.0 Å². The number of rotatable bonds is 8. The Morgan fingerprint density at radius 2 is 2.11 bits per heavy atom. The summed E-state index contributed by atoms with van der Waals surface area (Å²) >= 11 is 3.65. The number of thioether (sulfide) groups is 2. The molecule has 37 heavy (non-hydrogen) atoms. The van der Waals surface area contributed by atoms with Gasteiger partial charge in [0.25, 0.3) is 0 Å². The third-order valence-corrected chi connectivity index (χ3v) is 9.73. The van der Waals surface area contributed by atoms with Gasteiger partial charge in [-0.2, -0.15) is 0 Å². The maximum Gasteiger partial charge on any atom is 0.323 e. The Hall–Kier alpha value is -3.38. The van der Waals surface area contributed by atoms with Gasteiger partial charge in [0, 0.05) is 29.5 Å². The zero-order valence-electron chi connectivity index (χ0n) is 19.5. The largest absolute Gasteiger partial charge is 0.481 e. The number of nitrogens with one attached hydrogen (secondary N) is 5. The number of H-pyrrole nitrogens is 1. The first-order chi connectivity index (χ1) is 17.7. The maximum atomic E-state index is 13.1. The van der Waals surface area contributed by atoms with Crippen LogP contribution in [0.5, 0.6) is 0 Å². The summed E-state index contributed by atoms with van der Waals surface area (Å²) in [5, 5.41) is 34.0. The molecule has 4 heterocycles. The summed E-state index contributed by atoms with van der Waals surface area (Å²) in [5.74, 6) is -1.91. The van der Waals surface area contributed by atoms with Gasteiger partial charge in [0.1, 0.15) is 22.9 Å². The summed E-state index contributed by atoms with van der Waals surface area (Å²) in [7, 11) is 1.34. The number of thiophene rings is 1. The number of β-lactam (4-membered cyclic amide) rings is 1. The number of carboxylic acid groups (broad SMARTS) is 1. The van der Waals surface area contributed by atoms with Crippen molar-refractivity contribution in [2.24, 2.45) is 5.41 Å². The molecule has 18 heteroatoms. The molecule has 2 aliphatic rings. The van der Waals surface area contributed by atoms with Gasteiger partial charge in [-0.25, -0.2) is 14.7 Å². The van der Waals surface area contributed by atoms with Gasteiger partial charge in [0.2, 0.25) is 17.0 Å². The number of imide groups is 1. The number of nitrogens with zero attached hydrogens (tertiary/aromatic N) is 4. The van der Waals surface area contributed by atoms with Gasteiger partial charge in [-0.3, -0.25) is 19.7 Å². The minimum Gasteiger partial charge on any atom is -0.481 e. The highest BCUT2D eigenvalue weighted by Crippen LogP contribution is 2.47. The van der Waals surface area contributed by atoms with E-state index in [9.17, 15) is 29.1 Å². The number of fused-ring (bicyclic) bond motifs is 1. The number of tetrazole rings is 1. The van der Waals surface area contributed by atoms with Gasteiger partial charge >= 0.3 is 18.0 Å². The van der Waals surface area contributed by atoms with E-state index in [0.717, 1.165) is 0 Å². The predicted molar refractivity (Wildman–Crippen MR) is 133 cm³/mol. The lowest BCUT2D eigenvalue weighted by Crippen LogP contribution is -2.75. The molecule has 0 bridgehead atoms. The molecule has 2 aliphatic heterocycles. The van der Waals surface area contributed by atoms with Crippen LogP contribution in [-0.2, 0) is 14.4 Å². The summed E-state index contributed by atoms with van der Waals surface area (Å²) < 4.78 is 0. The first kappa shape index (κ1) is 26.7. The summed E-state index contributed by atoms with van der Waals surface area (Å²) in [5.41, 5.74) is -1.26. The van der Waals surface area contributed by atoms with E-state index in [1.165, 1.54) is 46.8 Å². The topological polar surface area (TPSA) is 211 Å². The Bertz CT molecular complexity index is 1180. The zero-order chi connectivity index (χ0) is 26.7. The van der Waals surface area contributed by atoms with E-state index >= 15 is 0 Å². The van der Waals surface area contributed by atoms with Gasteiger partial charge in [-0.05, 0) is 21.9 Å². The lowest BCUT2D eigenvalue weighted by atomic mass is 9.84. The smallest absolute Gasteiger partial charge is 0.323 e. The van der Waals surface area contributed by atoms with Crippen LogP contribution in [0.25, 0.3) is 0 Å². The van der Waals surface area contributed by atoms with Crippen LogP contribution in [0.3, 0.4) is 0 Å². The molecular formula is C19H23N9O6S3. The molecule has 15 nitrogen and oxygen atoms in total. The Kier molecular flexibility index (Phi) is 7.88. The first-order valence-corrected chi connectivity index (χ1v) is 13.7. The van der Waals surface area contributed by atoms with Crippen molar-refractivity contribution in [3.8, 4) is 0 Å². The maximum absolute atomic E-state index is 13.1. The van der Waals surface area contributed by atoms with E-state index in [1.54, 1.807) is 24.4 Å². The monoisotopic (exact) mass is 569 g/mol. The SMILES string of the molecule is CNC(=O)NC(=O)NC(C(=O)NC1C(=O)N2CC(C(=O)O)(C(C)Sc3nnn[nH]3)CS[C@H]12)c1cccs1. The fourth-order valence-corrected chi connectivity index (χ4v) is 7.46. The second-order valence-electron chi connectivity index (χ2n) is 8.21. The number of aromatic nitrogens is 4. The van der Waals surface area contributed by atoms with Gasteiger partial charge in [0.15, 0.2) is 0 Å². The summed E-state index contributed by atoms with van der Waals surface area (Å²) in [4.78, 5) is 64.0. The highest BCUT2D eigenvalue weighted by Gasteiger charge is 2.59. The number of carbonyl (C=O) groups excluding carboxylic acids is 4. The highest BCUT2D eigenvalue weighted by molar-refractivity contribution is 8.01. The second-order valence-corrected chi connectivity index (χ2v) is 11.6. The number of carbonyl (C=O) groups is 5. The summed E-state index contributed by atoms with van der Waals surface area (Å²) in [6.07, 6.45) is 0. The molecule has 2 aromatic heterocycles. The van der Waals surface area contributed by atoms with E-state index in [2.05, 4.69) is 36.6 Å². The van der Waals surface area contributed by atoms with Crippen molar-refractivity contribution in [1.29, 1.82) is 0 Å². The number of hydrogen-bond acceptors (Lipinski definition) is 11. The van der Waals surface area contributed by atoms with Crippen molar-refractivity contribution in [2.75, 3.05) is 19.3 Å². The molecule has 4 rings (SSSR count). The average molecular weight is 570 g/mol. The predicted octanol–water partition coefficient (Wildman–Crippen LogP) is -0.407. The molecule has 2 aromatic rings. The molecule has 0 radical (unpaired) electrons. The zero-order valence-corrected chi connectivity index (χ0v) is 21.9. The van der Waals surface area contributed by atoms with Crippen molar-refractivity contribution in [1.82, 2.24) is 46.8 Å². The summed E-state index contributed by atoms with van der Waals surface area (Å²) in [6.45, 7) is 1.70. The van der Waals surface area contributed by atoms with Crippen LogP contribution in [0.4, 0.5) is 9.59 Å². The fraction of sp³-hybridized carbons (Fsp3) is 0.474. The van der Waals surface area contributed by atoms with E-state index in [0.29, 0.717) is 10.0 Å². The number of aromatic amines is 1. The lowest BCUT2D eigenvalue weighted by Gasteiger charge is -2.55. The van der Waals surface area contributed by atoms with Crippen LogP contribution in [-0.4, -0.2) is 96.5 Å². The number of hydrogen-bond donors (Lipinski definition) is 6. The Labute approximate surface area is 222 Å². The average Bonchev–Trinajstić information content (AvgIpc) is 3.59. The molecule has 0 spiro atoms. The van der Waals surface area contributed by atoms with Crippen LogP contribution in [0.2, 0.25) is 0 Å². The highest BCUT2D eigenvalue weighted by atomic mass is 32.2. The Morgan fingerprint density at radius 1 is 1.32 bits per heavy atom. The first-order valence-electron chi connectivity index (χ1n) is 10.8. The van der Waals surface area contributed by atoms with Gasteiger partial charge in [-0.1, -0.05) is 24.8 Å². The molecule has 0 aromatic carbocycles. The summed E-state index contributed by atoms with van der Waals surface area (Å²) in [6, 6.07) is -0.335. The molecule has 2 saturated heterocycles. The van der Waals surface area contributed by atoms with E-state index in [1.807, 2.05) is 5.32 Å². The number of urea groups is 2. The van der Waals surface area contributed by atoms with Crippen LogP contribution >= 0.6 is 34.9 Å². The number of amides is 6. The second kappa shape index (κ2) is 10.9. The van der Waals surface area contributed by atoms with E-state index in [4.69, 9.17) is 0 Å². The van der Waals surface area contributed by atoms with Crippen molar-refractivity contribution < 1.29 is 29.1 Å². The lowest BCUT2D eigenvalue weighted by molar-refractivity contribution is -0.158. The minimum absolute atomic E-state index is 0.0396. The molecule has 0 saturated carbocycles. The molecule has 2 fully saturated rings. The van der Waals surface area contributed by atoms with Crippen LogP contribution < -0.4 is 21.3 Å². The fourth-order valence-electron chi connectivity index (χ4n) is 3.92. The third kappa shape index (κ3) is 5.35. The van der Waals surface area contributed by atoms with Crippen molar-refractivity contribution >= 4 is 64.7 Å². The van der Waals surface area contributed by atoms with Crippen molar-refractivity contribution in [2.45, 2.75) is 34.8 Å². The molecular weight excluding hydrogens is 546 g/mol. The molecule has 5 atom stereocenters. The van der Waals surface area contributed by atoms with Crippen LogP contribution in [0.15, 0.2) is 22.7 Å². The number of carboxylic acids is 1. The molecule has 4 unspecified atom stereocenters. The third-order valence-electron chi connectivity index (χ3n) is 6.04. The Balaban J connectivity index is 1.43. The molecule has 0 aliphatic carbocycles. The van der Waals surface area contributed by atoms with Gasteiger partial charge in [0.05, 0.1) is 0 Å². The minimum atomic E-state index is -1.26. The molecule has 6 N–H and O–H groups in total. The van der Waals surface area contributed by atoms with Crippen molar-refractivity contribution in [3.05, 3.63) is 22.4 Å². The quantitative estimate of drug-likeness (QED) is 0.178. The van der Waals surface area contributed by atoms with Gasteiger partial charge < -0.3 is 26.0 Å². The van der Waals surface area contributed by atoms with Crippen molar-refractivity contribution in [3.63, 3.8) is 0 Å². The van der Waals surface area contributed by atoms with Crippen LogP contribution in [0, 0.1) is 5.41 Å². The normalized spacial score (nSPS) is 24.2. The van der Waals surface area contributed by atoms with Crippen LogP contribution in [0.1, 0.15) is 17.8 Å². The molecule has 198 valence electrons. The standard InChI is InChI=1S/C19H23N9O6S3/c1-8(37-18-24-26-27-25-18)19(15(31)32)6-28-13(30)11(14(28)36-7-19)21-12(29)10(9-4-3-5-35-9)22-17(34)23-16(33)20-2/h3-5,8,10-11,14H,6-7H2,1-2H3,(H,21,29)(H,31,32)(H,24,25,26,27)(H3,20,22,23,33,34)/t8?,10?,11?,14-,19?/m1/s1.